The Labute approximate surface area is 110 Å². The van der Waals surface area contributed by atoms with Gasteiger partial charge < -0.3 is 0 Å². The van der Waals surface area contributed by atoms with Crippen molar-refractivity contribution < 1.29 is 4.39 Å². The first kappa shape index (κ1) is 14.7. The number of hydrogen-bond acceptors (Lipinski definition) is 0. The van der Waals surface area contributed by atoms with Gasteiger partial charge >= 0.3 is 0 Å². The van der Waals surface area contributed by atoms with Gasteiger partial charge in [-0.15, -0.1) is 0 Å². The summed E-state index contributed by atoms with van der Waals surface area (Å²) in [7, 11) is 0. The molecule has 1 rings (SSSR count). The van der Waals surface area contributed by atoms with Crippen LogP contribution in [0.3, 0.4) is 0 Å². The first-order valence-electron chi connectivity index (χ1n) is 6.82. The molecule has 0 aromatic heterocycles. The van der Waals surface area contributed by atoms with Crippen molar-refractivity contribution >= 4 is 12.2 Å². The van der Waals surface area contributed by atoms with Crippen LogP contribution in [-0.4, -0.2) is 0 Å². The van der Waals surface area contributed by atoms with Crippen LogP contribution in [0.5, 0.6) is 0 Å². The second-order valence-electron chi connectivity index (χ2n) is 4.57. The number of allylic oxidation sites excluding steroid dienone is 2. The highest BCUT2D eigenvalue weighted by molar-refractivity contribution is 5.60. The third-order valence-corrected chi connectivity index (χ3v) is 2.96. The van der Waals surface area contributed by atoms with E-state index in [1.807, 2.05) is 37.3 Å². The molecule has 0 amide bonds. The summed E-state index contributed by atoms with van der Waals surface area (Å²) in [6, 6.07) is 3.86. The van der Waals surface area contributed by atoms with Crippen molar-refractivity contribution in [2.24, 2.45) is 0 Å². The zero-order chi connectivity index (χ0) is 13.4. The molecule has 0 bridgehead atoms. The van der Waals surface area contributed by atoms with E-state index in [1.54, 1.807) is 0 Å². The lowest BCUT2D eigenvalue weighted by molar-refractivity contribution is 0.615. The van der Waals surface area contributed by atoms with Crippen molar-refractivity contribution in [1.29, 1.82) is 0 Å². The summed E-state index contributed by atoms with van der Waals surface area (Å²) in [5, 5.41) is 0. The Bertz CT molecular complexity index is 386. The van der Waals surface area contributed by atoms with Crippen molar-refractivity contribution in [2.45, 2.75) is 46.5 Å². The van der Waals surface area contributed by atoms with E-state index >= 15 is 0 Å². The molecule has 0 unspecified atom stereocenters. The lowest BCUT2D eigenvalue weighted by atomic mass is 10.0. The van der Waals surface area contributed by atoms with Crippen LogP contribution in [0.25, 0.3) is 12.2 Å². The van der Waals surface area contributed by atoms with Crippen molar-refractivity contribution in [2.75, 3.05) is 0 Å². The van der Waals surface area contributed by atoms with E-state index in [2.05, 4.69) is 19.9 Å². The Morgan fingerprint density at radius 1 is 0.944 bits per heavy atom. The average Bonchev–Trinajstić information content (AvgIpc) is 2.37. The van der Waals surface area contributed by atoms with Gasteiger partial charge in [-0.3, -0.25) is 0 Å². The van der Waals surface area contributed by atoms with Crippen LogP contribution < -0.4 is 0 Å². The largest absolute Gasteiger partial charge is 0.206 e. The molecule has 0 atom stereocenters. The summed E-state index contributed by atoms with van der Waals surface area (Å²) < 4.78 is 14.1. The van der Waals surface area contributed by atoms with Gasteiger partial charge in [-0.2, -0.15) is 0 Å². The summed E-state index contributed by atoms with van der Waals surface area (Å²) in [6.45, 7) is 6.10. The van der Waals surface area contributed by atoms with Crippen LogP contribution in [0.4, 0.5) is 4.39 Å². The quantitative estimate of drug-likeness (QED) is 0.598. The standard InChI is InChI=1S/C17H23F/c1-4-6-8-10-15-12-13-16(11-9-7-5-2)17(18)14(15)3/h8-13H,4-7H2,1-3H3/b10-8+,11-9+. The zero-order valence-electron chi connectivity index (χ0n) is 11.7. The van der Waals surface area contributed by atoms with E-state index in [9.17, 15) is 4.39 Å². The highest BCUT2D eigenvalue weighted by Gasteiger charge is 2.05. The second-order valence-corrected chi connectivity index (χ2v) is 4.57. The highest BCUT2D eigenvalue weighted by atomic mass is 19.1. The molecular weight excluding hydrogens is 223 g/mol. The van der Waals surface area contributed by atoms with Gasteiger partial charge in [0, 0.05) is 5.56 Å². The summed E-state index contributed by atoms with van der Waals surface area (Å²) >= 11 is 0. The van der Waals surface area contributed by atoms with E-state index in [1.165, 1.54) is 0 Å². The maximum atomic E-state index is 14.1. The molecule has 0 N–H and O–H groups in total. The van der Waals surface area contributed by atoms with E-state index in [0.717, 1.165) is 36.8 Å². The first-order valence-corrected chi connectivity index (χ1v) is 6.82. The lowest BCUT2D eigenvalue weighted by Crippen LogP contribution is -1.91. The topological polar surface area (TPSA) is 0 Å². The third kappa shape index (κ3) is 4.14. The van der Waals surface area contributed by atoms with Gasteiger partial charge in [0.25, 0.3) is 0 Å². The normalized spacial score (nSPS) is 11.8. The molecule has 1 aromatic carbocycles. The summed E-state index contributed by atoms with van der Waals surface area (Å²) in [5.74, 6) is -0.0963. The van der Waals surface area contributed by atoms with Crippen LogP contribution in [0.15, 0.2) is 24.3 Å². The Morgan fingerprint density at radius 3 is 2.00 bits per heavy atom. The van der Waals surface area contributed by atoms with Gasteiger partial charge in [-0.05, 0) is 30.9 Å². The predicted molar refractivity (Wildman–Crippen MR) is 79.0 cm³/mol. The number of hydrogen-bond donors (Lipinski definition) is 0. The van der Waals surface area contributed by atoms with Gasteiger partial charge in [-0.1, -0.05) is 63.1 Å². The Balaban J connectivity index is 2.90. The monoisotopic (exact) mass is 246 g/mol. The van der Waals surface area contributed by atoms with Gasteiger partial charge in [0.05, 0.1) is 0 Å². The van der Waals surface area contributed by atoms with Gasteiger partial charge in [0.2, 0.25) is 0 Å². The minimum Gasteiger partial charge on any atom is -0.206 e. The second kappa shape index (κ2) is 7.86. The Kier molecular flexibility index (Phi) is 6.42. The highest BCUT2D eigenvalue weighted by Crippen LogP contribution is 2.20. The molecule has 0 aliphatic carbocycles. The maximum absolute atomic E-state index is 14.1. The average molecular weight is 246 g/mol. The predicted octanol–water partition coefficient (Wildman–Crippen LogP) is 5.76. The van der Waals surface area contributed by atoms with E-state index in [-0.39, 0.29) is 5.82 Å². The molecule has 1 heteroatoms. The molecule has 0 saturated carbocycles. The lowest BCUT2D eigenvalue weighted by Gasteiger charge is -2.05. The van der Waals surface area contributed by atoms with Crippen molar-refractivity contribution in [3.05, 3.63) is 46.8 Å². The zero-order valence-corrected chi connectivity index (χ0v) is 11.7. The minimum absolute atomic E-state index is 0.0963. The number of rotatable bonds is 6. The minimum atomic E-state index is -0.0963. The summed E-state index contributed by atoms with van der Waals surface area (Å²) in [5.41, 5.74) is 2.41. The van der Waals surface area contributed by atoms with Crippen LogP contribution in [0, 0.1) is 12.7 Å². The molecule has 0 aliphatic heterocycles. The van der Waals surface area contributed by atoms with Crippen LogP contribution >= 0.6 is 0 Å². The fourth-order valence-corrected chi connectivity index (χ4v) is 1.78. The van der Waals surface area contributed by atoms with Gasteiger partial charge in [0.1, 0.15) is 5.82 Å². The summed E-state index contributed by atoms with van der Waals surface area (Å²) in [6.07, 6.45) is 12.3. The van der Waals surface area contributed by atoms with E-state index in [4.69, 9.17) is 0 Å². The molecule has 98 valence electrons. The first-order chi connectivity index (χ1) is 8.70. The van der Waals surface area contributed by atoms with E-state index < -0.39 is 0 Å². The number of halogens is 1. The molecule has 0 nitrogen and oxygen atoms in total. The van der Waals surface area contributed by atoms with Crippen LogP contribution in [-0.2, 0) is 0 Å². The Morgan fingerprint density at radius 2 is 1.44 bits per heavy atom. The van der Waals surface area contributed by atoms with Gasteiger partial charge in [0.15, 0.2) is 0 Å². The van der Waals surface area contributed by atoms with Crippen molar-refractivity contribution in [1.82, 2.24) is 0 Å². The molecule has 18 heavy (non-hydrogen) atoms. The number of unbranched alkanes of at least 4 members (excludes halogenated alkanes) is 2. The molecule has 0 radical (unpaired) electrons. The molecule has 1 aromatic rings. The van der Waals surface area contributed by atoms with Gasteiger partial charge in [-0.25, -0.2) is 4.39 Å². The SMILES string of the molecule is CCC/C=C/c1ccc(/C=C/CCC)c(F)c1C. The summed E-state index contributed by atoms with van der Waals surface area (Å²) in [4.78, 5) is 0. The Hall–Kier alpha value is -1.37. The molecule has 0 fully saturated rings. The maximum Gasteiger partial charge on any atom is 0.133 e. The fourth-order valence-electron chi connectivity index (χ4n) is 1.78. The van der Waals surface area contributed by atoms with E-state index in [0.29, 0.717) is 5.56 Å². The molecular formula is C17H23F. The molecule has 0 spiro atoms. The van der Waals surface area contributed by atoms with Crippen LogP contribution in [0.1, 0.15) is 56.2 Å². The smallest absolute Gasteiger partial charge is 0.133 e. The fraction of sp³-hybridized carbons (Fsp3) is 0.412. The number of benzene rings is 1. The molecule has 0 aliphatic rings. The third-order valence-electron chi connectivity index (χ3n) is 2.96. The molecule has 0 heterocycles. The van der Waals surface area contributed by atoms with Crippen LogP contribution in [0.2, 0.25) is 0 Å². The van der Waals surface area contributed by atoms with Crippen molar-refractivity contribution in [3.63, 3.8) is 0 Å². The molecule has 0 saturated heterocycles. The van der Waals surface area contributed by atoms with Crippen molar-refractivity contribution in [3.8, 4) is 0 Å².